The molecule has 0 saturated carbocycles. The molecule has 6 nitrogen and oxygen atoms in total. The Morgan fingerprint density at radius 1 is 1.06 bits per heavy atom. The van der Waals surface area contributed by atoms with Crippen molar-refractivity contribution >= 4 is 56.2 Å². The monoisotopic (exact) mass is 508 g/mol. The first kappa shape index (κ1) is 22.1. The third kappa shape index (κ3) is 5.57. The van der Waals surface area contributed by atoms with Gasteiger partial charge in [-0.1, -0.05) is 52.0 Å². The number of nitrogens with one attached hydrogen (secondary N) is 3. The molecular weight excluding hydrogens is 488 g/mol. The zero-order valence-corrected chi connectivity index (χ0v) is 19.7. The molecule has 0 unspecified atom stereocenters. The molecule has 1 aromatic heterocycles. The lowest BCUT2D eigenvalue weighted by Gasteiger charge is -2.09. The highest BCUT2D eigenvalue weighted by atomic mass is 79.9. The van der Waals surface area contributed by atoms with Crippen molar-refractivity contribution in [3.05, 3.63) is 87.9 Å². The van der Waals surface area contributed by atoms with Gasteiger partial charge in [-0.2, -0.15) is 0 Å². The van der Waals surface area contributed by atoms with Crippen LogP contribution >= 0.6 is 27.7 Å². The number of anilines is 1. The number of nitrogens with zero attached hydrogens (tertiary/aromatic N) is 1. The zero-order chi connectivity index (χ0) is 22.5. The van der Waals surface area contributed by atoms with Gasteiger partial charge in [-0.15, -0.1) is 0 Å². The molecule has 2 amide bonds. The number of amides is 2. The van der Waals surface area contributed by atoms with Gasteiger partial charge in [-0.3, -0.25) is 9.59 Å². The van der Waals surface area contributed by atoms with Crippen LogP contribution < -0.4 is 10.6 Å². The number of fused-ring (bicyclic) bond motifs is 1. The van der Waals surface area contributed by atoms with Gasteiger partial charge in [0, 0.05) is 21.5 Å². The Balaban J connectivity index is 1.26. The summed E-state index contributed by atoms with van der Waals surface area (Å²) in [6.07, 6.45) is 0. The van der Waals surface area contributed by atoms with Crippen molar-refractivity contribution in [1.82, 2.24) is 15.3 Å². The summed E-state index contributed by atoms with van der Waals surface area (Å²) in [4.78, 5) is 32.4. The van der Waals surface area contributed by atoms with Crippen molar-refractivity contribution in [3.8, 4) is 0 Å². The van der Waals surface area contributed by atoms with Crippen LogP contribution in [0.2, 0.25) is 0 Å². The van der Waals surface area contributed by atoms with E-state index < -0.39 is 0 Å². The highest BCUT2D eigenvalue weighted by Crippen LogP contribution is 2.23. The second-order valence-electron chi connectivity index (χ2n) is 7.24. The van der Waals surface area contributed by atoms with Gasteiger partial charge in [-0.25, -0.2) is 4.98 Å². The fourth-order valence-corrected chi connectivity index (χ4v) is 4.18. The molecule has 0 radical (unpaired) electrons. The number of halogens is 1. The number of benzene rings is 3. The Morgan fingerprint density at radius 2 is 1.84 bits per heavy atom. The minimum Gasteiger partial charge on any atom is -0.343 e. The van der Waals surface area contributed by atoms with Gasteiger partial charge in [0.2, 0.25) is 5.91 Å². The van der Waals surface area contributed by atoms with Gasteiger partial charge in [0.15, 0.2) is 5.16 Å². The van der Waals surface area contributed by atoms with Crippen LogP contribution in [-0.4, -0.2) is 28.3 Å². The minimum absolute atomic E-state index is 0.0996. The maximum absolute atomic E-state index is 12.4. The van der Waals surface area contributed by atoms with E-state index >= 15 is 0 Å². The molecule has 3 N–H and O–H groups in total. The van der Waals surface area contributed by atoms with E-state index in [9.17, 15) is 9.59 Å². The van der Waals surface area contributed by atoms with Gasteiger partial charge in [0.25, 0.3) is 5.91 Å². The fourth-order valence-electron chi connectivity index (χ4n) is 3.09. The number of carbonyl (C=O) groups is 2. The average Bonchev–Trinajstić information content (AvgIpc) is 3.22. The summed E-state index contributed by atoms with van der Waals surface area (Å²) in [6, 6.07) is 20.8. The molecule has 0 aliphatic heterocycles. The van der Waals surface area contributed by atoms with Crippen molar-refractivity contribution in [3.63, 3.8) is 0 Å². The van der Waals surface area contributed by atoms with E-state index in [0.717, 1.165) is 37.5 Å². The number of carbonyl (C=O) groups excluding carboxylic acids is 2. The number of thioether (sulfide) groups is 1. The van der Waals surface area contributed by atoms with Crippen molar-refractivity contribution in [1.29, 1.82) is 0 Å². The summed E-state index contributed by atoms with van der Waals surface area (Å²) < 4.78 is 0.975. The Morgan fingerprint density at radius 3 is 2.59 bits per heavy atom. The Bertz CT molecular complexity index is 1240. The molecule has 3 aromatic carbocycles. The number of H-pyrrole nitrogens is 1. The highest BCUT2D eigenvalue weighted by Gasteiger charge is 2.10. The number of para-hydroxylation sites is 2. The predicted octanol–water partition coefficient (Wildman–Crippen LogP) is 5.29. The van der Waals surface area contributed by atoms with Crippen LogP contribution in [0.15, 0.2) is 76.4 Å². The smallest absolute Gasteiger partial charge is 0.251 e. The fraction of sp³-hybridized carbons (Fsp3) is 0.125. The van der Waals surface area contributed by atoms with E-state index in [2.05, 4.69) is 36.5 Å². The minimum atomic E-state index is -0.288. The van der Waals surface area contributed by atoms with Crippen molar-refractivity contribution in [2.75, 3.05) is 11.9 Å². The van der Waals surface area contributed by atoms with E-state index in [4.69, 9.17) is 0 Å². The quantitative estimate of drug-likeness (QED) is 0.296. The molecule has 4 aromatic rings. The molecule has 0 aliphatic carbocycles. The first-order chi connectivity index (χ1) is 15.5. The summed E-state index contributed by atoms with van der Waals surface area (Å²) in [5, 5.41) is 6.30. The molecule has 4 rings (SSSR count). The van der Waals surface area contributed by atoms with Crippen LogP contribution in [-0.2, 0) is 10.5 Å². The summed E-state index contributed by atoms with van der Waals surface area (Å²) in [5.41, 5.74) is 5.26. The first-order valence-electron chi connectivity index (χ1n) is 9.98. The summed E-state index contributed by atoms with van der Waals surface area (Å²) >= 11 is 5.04. The third-order valence-electron chi connectivity index (χ3n) is 4.81. The molecule has 162 valence electrons. The molecular formula is C24H21BrN4O2S. The lowest BCUT2D eigenvalue weighted by molar-refractivity contribution is -0.115. The van der Waals surface area contributed by atoms with Crippen LogP contribution in [0, 0.1) is 6.92 Å². The summed E-state index contributed by atoms with van der Waals surface area (Å²) in [6.45, 7) is 1.85. The van der Waals surface area contributed by atoms with Crippen LogP contribution in [0.5, 0.6) is 0 Å². The van der Waals surface area contributed by atoms with Crippen molar-refractivity contribution in [2.24, 2.45) is 0 Å². The zero-order valence-electron chi connectivity index (χ0n) is 17.3. The topological polar surface area (TPSA) is 86.9 Å². The van der Waals surface area contributed by atoms with E-state index in [1.165, 1.54) is 0 Å². The molecule has 0 atom stereocenters. The van der Waals surface area contributed by atoms with E-state index in [-0.39, 0.29) is 18.4 Å². The number of aromatic amines is 1. The molecule has 0 bridgehead atoms. The number of aryl methyl sites for hydroxylation is 1. The van der Waals surface area contributed by atoms with Gasteiger partial charge in [0.1, 0.15) is 0 Å². The maximum atomic E-state index is 12.4. The molecule has 32 heavy (non-hydrogen) atoms. The predicted molar refractivity (Wildman–Crippen MR) is 132 cm³/mol. The van der Waals surface area contributed by atoms with E-state index in [1.807, 2.05) is 55.5 Å². The Kier molecular flexibility index (Phi) is 6.92. The van der Waals surface area contributed by atoms with Gasteiger partial charge >= 0.3 is 0 Å². The normalized spacial score (nSPS) is 10.8. The second-order valence-corrected chi connectivity index (χ2v) is 9.06. The van der Waals surface area contributed by atoms with E-state index in [0.29, 0.717) is 11.3 Å². The largest absolute Gasteiger partial charge is 0.343 e. The molecule has 1 heterocycles. The van der Waals surface area contributed by atoms with Crippen LogP contribution in [0.1, 0.15) is 21.5 Å². The number of hydrogen-bond donors (Lipinski definition) is 3. The van der Waals surface area contributed by atoms with Gasteiger partial charge < -0.3 is 15.6 Å². The molecule has 8 heteroatoms. The van der Waals surface area contributed by atoms with Crippen LogP contribution in [0.25, 0.3) is 11.0 Å². The SMILES string of the molecule is Cc1cc(NC(=O)CNC(=O)c2ccc(CSc3nc4ccccc4[nH]3)cc2)ccc1Br. The van der Waals surface area contributed by atoms with Crippen LogP contribution in [0.4, 0.5) is 5.69 Å². The number of hydrogen-bond acceptors (Lipinski definition) is 4. The highest BCUT2D eigenvalue weighted by molar-refractivity contribution is 9.10. The lowest BCUT2D eigenvalue weighted by Crippen LogP contribution is -2.32. The molecule has 0 fully saturated rings. The number of rotatable bonds is 7. The maximum Gasteiger partial charge on any atom is 0.251 e. The molecule has 0 aliphatic rings. The lowest BCUT2D eigenvalue weighted by atomic mass is 10.1. The average molecular weight is 509 g/mol. The standard InChI is InChI=1S/C24H21BrN4O2S/c1-15-12-18(10-11-19(15)25)27-22(30)13-26-23(31)17-8-6-16(7-9-17)14-32-24-28-20-4-2-3-5-21(20)29-24/h2-12H,13-14H2,1H3,(H,26,31)(H,27,30)(H,28,29). The number of imidazole rings is 1. The second kappa shape index (κ2) is 10.0. The Hall–Kier alpha value is -3.10. The number of aromatic nitrogens is 2. The Labute approximate surface area is 198 Å². The summed E-state index contributed by atoms with van der Waals surface area (Å²) in [5.74, 6) is 0.166. The first-order valence-corrected chi connectivity index (χ1v) is 11.8. The van der Waals surface area contributed by atoms with Gasteiger partial charge in [-0.05, 0) is 60.5 Å². The molecule has 0 spiro atoms. The van der Waals surface area contributed by atoms with Gasteiger partial charge in [0.05, 0.1) is 17.6 Å². The van der Waals surface area contributed by atoms with Crippen LogP contribution in [0.3, 0.4) is 0 Å². The van der Waals surface area contributed by atoms with Crippen molar-refractivity contribution in [2.45, 2.75) is 17.8 Å². The van der Waals surface area contributed by atoms with Crippen molar-refractivity contribution < 1.29 is 9.59 Å². The van der Waals surface area contributed by atoms with E-state index in [1.54, 1.807) is 30.0 Å². The molecule has 0 saturated heterocycles. The third-order valence-corrected chi connectivity index (χ3v) is 6.64. The summed E-state index contributed by atoms with van der Waals surface area (Å²) in [7, 11) is 0.